The van der Waals surface area contributed by atoms with Gasteiger partial charge in [-0.25, -0.2) is 0 Å². The van der Waals surface area contributed by atoms with E-state index >= 15 is 0 Å². The number of nitrogens with zero attached hydrogens (tertiary/aromatic N) is 1. The molecule has 5 nitrogen and oxygen atoms in total. The zero-order valence-electron chi connectivity index (χ0n) is 22.7. The molecule has 192 valence electrons. The van der Waals surface area contributed by atoms with Crippen LogP contribution in [0.1, 0.15) is 87.1 Å². The summed E-state index contributed by atoms with van der Waals surface area (Å²) in [5.41, 5.74) is 0.594. The van der Waals surface area contributed by atoms with E-state index in [2.05, 4.69) is 93.8 Å². The molecule has 0 saturated carbocycles. The molecule has 0 heterocycles. The van der Waals surface area contributed by atoms with E-state index in [0.29, 0.717) is 26.4 Å². The van der Waals surface area contributed by atoms with Gasteiger partial charge in [-0.3, -0.25) is 9.46 Å². The van der Waals surface area contributed by atoms with E-state index in [-0.39, 0.29) is 22.2 Å². The Morgan fingerprint density at radius 3 is 1.85 bits per heavy atom. The lowest BCUT2D eigenvalue weighted by Crippen LogP contribution is -2.55. The zero-order valence-corrected chi connectivity index (χ0v) is 24.7. The maximum absolute atomic E-state index is 14.2. The highest BCUT2D eigenvalue weighted by molar-refractivity contribution is 7.54. The van der Waals surface area contributed by atoms with Crippen LogP contribution < -0.4 is 0 Å². The molecule has 1 aromatic carbocycles. The average Bonchev–Trinajstić information content (AvgIpc) is 2.69. The van der Waals surface area contributed by atoms with Crippen molar-refractivity contribution in [2.24, 2.45) is 5.41 Å². The predicted molar refractivity (Wildman–Crippen MR) is 144 cm³/mol. The molecule has 0 amide bonds. The Hall–Kier alpha value is -0.280. The molecule has 33 heavy (non-hydrogen) atoms. The summed E-state index contributed by atoms with van der Waals surface area (Å²) >= 11 is 0. The molecule has 0 aliphatic carbocycles. The Bertz CT molecular complexity index is 731. The largest absolute Gasteiger partial charge is 0.371 e. The van der Waals surface area contributed by atoms with Gasteiger partial charge in [0.25, 0.3) is 0 Å². The van der Waals surface area contributed by atoms with Crippen LogP contribution in [0.3, 0.4) is 0 Å². The van der Waals surface area contributed by atoms with Gasteiger partial charge in [0, 0.05) is 18.0 Å². The zero-order chi connectivity index (χ0) is 25.5. The number of hydrogen-bond acceptors (Lipinski definition) is 5. The Balaban J connectivity index is 3.53. The molecule has 1 aromatic rings. The monoisotopic (exact) mass is 501 g/mol. The lowest BCUT2D eigenvalue weighted by atomic mass is 9.90. The molecule has 4 unspecified atom stereocenters. The molecule has 0 bridgehead atoms. The summed E-state index contributed by atoms with van der Waals surface area (Å²) in [6, 6.07) is 10.5. The summed E-state index contributed by atoms with van der Waals surface area (Å²) < 4.78 is 32.4. The highest BCUT2D eigenvalue weighted by Gasteiger charge is 2.50. The van der Waals surface area contributed by atoms with Crippen LogP contribution in [-0.2, 0) is 18.3 Å². The summed E-state index contributed by atoms with van der Waals surface area (Å²) in [6.45, 7) is 22.7. The Morgan fingerprint density at radius 1 is 0.939 bits per heavy atom. The molecule has 0 spiro atoms. The van der Waals surface area contributed by atoms with Gasteiger partial charge < -0.3 is 13.8 Å². The van der Waals surface area contributed by atoms with Crippen LogP contribution in [0.2, 0.25) is 0 Å². The molecule has 7 heteroatoms. The molecule has 0 radical (unpaired) electrons. The van der Waals surface area contributed by atoms with Crippen LogP contribution in [0.15, 0.2) is 30.3 Å². The lowest BCUT2D eigenvalue weighted by molar-refractivity contribution is -0.00290. The van der Waals surface area contributed by atoms with Crippen LogP contribution in [-0.4, -0.2) is 47.9 Å². The second-order valence-corrected chi connectivity index (χ2v) is 14.3. The molecule has 0 aliphatic rings. The van der Waals surface area contributed by atoms with Crippen molar-refractivity contribution in [3.05, 3.63) is 35.9 Å². The number of benzene rings is 1. The van der Waals surface area contributed by atoms with Crippen LogP contribution in [0.4, 0.5) is 0 Å². The van der Waals surface area contributed by atoms with Gasteiger partial charge in [0.15, 0.2) is 0 Å². The molecule has 0 aromatic heterocycles. The smallest absolute Gasteiger partial charge is 0.348 e. The molecule has 0 saturated heterocycles. The quantitative estimate of drug-likeness (QED) is 0.262. The molecule has 0 N–H and O–H groups in total. The highest BCUT2D eigenvalue weighted by atomic mass is 31.2. The first-order valence-corrected chi connectivity index (χ1v) is 14.4. The second kappa shape index (κ2) is 12.6. The van der Waals surface area contributed by atoms with Gasteiger partial charge in [-0.05, 0) is 58.9 Å². The van der Waals surface area contributed by atoms with E-state index in [0.717, 1.165) is 6.42 Å². The van der Waals surface area contributed by atoms with Crippen molar-refractivity contribution >= 4 is 16.8 Å². The highest BCUT2D eigenvalue weighted by Crippen LogP contribution is 2.61. The molecule has 4 atom stereocenters. The SMILES string of the molecule is CCOP(=O)(OCC)C(N(CC(COC(C)(P)CC)c1ccccc1)C(C)(C)C)C(C)(C)C. The maximum Gasteiger partial charge on any atom is 0.348 e. The van der Waals surface area contributed by atoms with E-state index in [9.17, 15) is 4.57 Å². The van der Waals surface area contributed by atoms with Gasteiger partial charge in [-0.15, -0.1) is 9.24 Å². The summed E-state index contributed by atoms with van der Waals surface area (Å²) in [4.78, 5) is 2.33. The van der Waals surface area contributed by atoms with Crippen molar-refractivity contribution in [2.75, 3.05) is 26.4 Å². The van der Waals surface area contributed by atoms with Crippen LogP contribution >= 0.6 is 16.8 Å². The third-order valence-corrected chi connectivity index (χ3v) is 9.32. The fourth-order valence-electron chi connectivity index (χ4n) is 4.00. The van der Waals surface area contributed by atoms with Gasteiger partial charge in [0.2, 0.25) is 0 Å². The van der Waals surface area contributed by atoms with Crippen molar-refractivity contribution in [1.82, 2.24) is 4.90 Å². The Kier molecular flexibility index (Phi) is 11.8. The number of ether oxygens (including phenoxy) is 1. The second-order valence-electron chi connectivity index (χ2n) is 11.0. The van der Waals surface area contributed by atoms with Gasteiger partial charge in [0.05, 0.1) is 25.2 Å². The first-order valence-electron chi connectivity index (χ1n) is 12.2. The average molecular weight is 502 g/mol. The van der Waals surface area contributed by atoms with Gasteiger partial charge >= 0.3 is 7.60 Å². The maximum atomic E-state index is 14.2. The summed E-state index contributed by atoms with van der Waals surface area (Å²) in [7, 11) is -0.598. The third-order valence-electron chi connectivity index (χ3n) is 5.85. The molecule has 1 rings (SSSR count). The summed E-state index contributed by atoms with van der Waals surface area (Å²) in [6.07, 6.45) is 0.899. The normalized spacial score (nSPS) is 17.1. The van der Waals surface area contributed by atoms with Crippen molar-refractivity contribution in [3.63, 3.8) is 0 Å². The molecular weight excluding hydrogens is 452 g/mol. The molecule has 0 fully saturated rings. The van der Waals surface area contributed by atoms with Gasteiger partial charge in [-0.2, -0.15) is 0 Å². The fourth-order valence-corrected chi connectivity index (χ4v) is 6.91. The Labute approximate surface area is 206 Å². The topological polar surface area (TPSA) is 48.0 Å². The van der Waals surface area contributed by atoms with Crippen LogP contribution in [0.25, 0.3) is 0 Å². The van der Waals surface area contributed by atoms with E-state index in [1.165, 1.54) is 5.56 Å². The van der Waals surface area contributed by atoms with Crippen molar-refractivity contribution in [2.45, 2.75) is 98.2 Å². The summed E-state index contributed by atoms with van der Waals surface area (Å²) in [5, 5.41) is -0.283. The van der Waals surface area contributed by atoms with Crippen LogP contribution in [0, 0.1) is 5.41 Å². The minimum atomic E-state index is -3.43. The van der Waals surface area contributed by atoms with Gasteiger partial charge in [-0.1, -0.05) is 58.0 Å². The first-order chi connectivity index (χ1) is 15.1. The van der Waals surface area contributed by atoms with Crippen molar-refractivity contribution < 1.29 is 18.3 Å². The van der Waals surface area contributed by atoms with E-state index in [4.69, 9.17) is 13.8 Å². The van der Waals surface area contributed by atoms with Crippen LogP contribution in [0.5, 0.6) is 0 Å². The minimum Gasteiger partial charge on any atom is -0.371 e. The van der Waals surface area contributed by atoms with E-state index in [1.54, 1.807) is 0 Å². The van der Waals surface area contributed by atoms with E-state index in [1.807, 2.05) is 19.9 Å². The van der Waals surface area contributed by atoms with Gasteiger partial charge in [0.1, 0.15) is 5.78 Å². The Morgan fingerprint density at radius 2 is 1.45 bits per heavy atom. The summed E-state index contributed by atoms with van der Waals surface area (Å²) in [5.74, 6) is -0.317. The fraction of sp³-hybridized carbons (Fsp3) is 0.769. The lowest BCUT2D eigenvalue weighted by Gasteiger charge is -2.50. The van der Waals surface area contributed by atoms with Crippen molar-refractivity contribution in [3.8, 4) is 0 Å². The van der Waals surface area contributed by atoms with E-state index < -0.39 is 13.4 Å². The molecule has 0 aliphatic heterocycles. The minimum absolute atomic E-state index is 0.0957. The van der Waals surface area contributed by atoms with Crippen molar-refractivity contribution in [1.29, 1.82) is 0 Å². The number of rotatable bonds is 13. The molecular formula is C26H49NO4P2. The predicted octanol–water partition coefficient (Wildman–Crippen LogP) is 7.53. The first kappa shape index (κ1) is 30.8. The number of hydrogen-bond donors (Lipinski definition) is 0. The third kappa shape index (κ3) is 9.36. The standard InChI is InChI=1S/C26H49NO4P2/c1-11-26(10,32)29-20-22(21-17-15-14-16-18-21)19-27(25(7,8)9)23(24(4,5)6)33(28,30-12-2)31-13-3/h14-18,22-23H,11-13,19-20,32H2,1-10H3.